The van der Waals surface area contributed by atoms with Gasteiger partial charge in [0.15, 0.2) is 0 Å². The van der Waals surface area contributed by atoms with Crippen molar-refractivity contribution in [2.45, 2.75) is 0 Å². The second kappa shape index (κ2) is 8.04. The van der Waals surface area contributed by atoms with E-state index in [1.54, 1.807) is 24.3 Å². The van der Waals surface area contributed by atoms with Crippen LogP contribution in [0, 0.1) is 11.6 Å². The van der Waals surface area contributed by atoms with E-state index in [1.165, 1.54) is 24.3 Å². The van der Waals surface area contributed by atoms with Gasteiger partial charge in [-0.3, -0.25) is 0 Å². The summed E-state index contributed by atoms with van der Waals surface area (Å²) in [5.41, 5.74) is 1.97. The molecule has 0 radical (unpaired) electrons. The summed E-state index contributed by atoms with van der Waals surface area (Å²) in [7, 11) is 0. The largest absolute Gasteiger partial charge is 0.368 e. The van der Waals surface area contributed by atoms with Gasteiger partial charge < -0.3 is 19.6 Å². The number of hydrogen-bond acceptors (Lipinski definition) is 3. The van der Waals surface area contributed by atoms with Crippen LogP contribution in [0.25, 0.3) is 0 Å². The summed E-state index contributed by atoms with van der Waals surface area (Å²) in [4.78, 5) is 21.0. The monoisotopic (exact) mass is 386 g/mol. The number of anilines is 2. The highest BCUT2D eigenvalue weighted by molar-refractivity contribution is 5.75. The maximum Gasteiger partial charge on any atom is 0.320 e. The SMILES string of the molecule is O=C(N1CCN(c2ccc(F)cc2)CC1)N1CCN(c2ccc(F)cc2)CC1. The minimum Gasteiger partial charge on any atom is -0.368 e. The molecule has 2 heterocycles. The fourth-order valence-corrected chi connectivity index (χ4v) is 3.82. The first-order valence-corrected chi connectivity index (χ1v) is 9.65. The molecule has 28 heavy (non-hydrogen) atoms. The van der Waals surface area contributed by atoms with E-state index in [4.69, 9.17) is 0 Å². The highest BCUT2D eigenvalue weighted by atomic mass is 19.1. The zero-order valence-electron chi connectivity index (χ0n) is 15.7. The van der Waals surface area contributed by atoms with Crippen LogP contribution in [-0.4, -0.2) is 68.2 Å². The quantitative estimate of drug-likeness (QED) is 0.795. The van der Waals surface area contributed by atoms with Gasteiger partial charge in [-0.15, -0.1) is 0 Å². The minimum absolute atomic E-state index is 0.0810. The van der Waals surface area contributed by atoms with Gasteiger partial charge in [0.25, 0.3) is 0 Å². The Morgan fingerprint density at radius 3 is 1.21 bits per heavy atom. The molecule has 5 nitrogen and oxygen atoms in total. The van der Waals surface area contributed by atoms with Gasteiger partial charge in [-0.1, -0.05) is 0 Å². The molecule has 7 heteroatoms. The van der Waals surface area contributed by atoms with Crippen LogP contribution in [0.5, 0.6) is 0 Å². The van der Waals surface area contributed by atoms with Gasteiger partial charge in [0, 0.05) is 63.7 Å². The van der Waals surface area contributed by atoms with Crippen molar-refractivity contribution < 1.29 is 13.6 Å². The number of urea groups is 1. The first kappa shape index (κ1) is 18.5. The third-order valence-electron chi connectivity index (χ3n) is 5.48. The Hall–Kier alpha value is -2.83. The topological polar surface area (TPSA) is 30.0 Å². The molecule has 2 saturated heterocycles. The first-order valence-electron chi connectivity index (χ1n) is 9.65. The van der Waals surface area contributed by atoms with Crippen molar-refractivity contribution in [2.24, 2.45) is 0 Å². The number of carbonyl (C=O) groups excluding carboxylic acids is 1. The number of rotatable bonds is 2. The minimum atomic E-state index is -0.239. The second-order valence-corrected chi connectivity index (χ2v) is 7.18. The first-order chi connectivity index (χ1) is 13.6. The molecule has 0 saturated carbocycles. The Morgan fingerprint density at radius 2 is 0.893 bits per heavy atom. The average Bonchev–Trinajstić information content (AvgIpc) is 2.75. The third kappa shape index (κ3) is 4.03. The molecule has 2 aromatic carbocycles. The van der Waals surface area contributed by atoms with E-state index in [0.29, 0.717) is 26.2 Å². The van der Waals surface area contributed by atoms with Gasteiger partial charge in [0.2, 0.25) is 0 Å². The molecule has 4 rings (SSSR count). The van der Waals surface area contributed by atoms with Crippen LogP contribution in [0.4, 0.5) is 25.0 Å². The van der Waals surface area contributed by atoms with Crippen molar-refractivity contribution in [3.63, 3.8) is 0 Å². The maximum absolute atomic E-state index is 13.1. The summed E-state index contributed by atoms with van der Waals surface area (Å²) >= 11 is 0. The summed E-state index contributed by atoms with van der Waals surface area (Å²) in [5.74, 6) is -0.477. The van der Waals surface area contributed by atoms with E-state index in [0.717, 1.165) is 37.6 Å². The molecular weight excluding hydrogens is 362 g/mol. The molecule has 0 bridgehead atoms. The molecule has 2 amide bonds. The standard InChI is InChI=1S/C21H24F2N4O/c22-17-1-5-19(6-2-17)24-9-13-26(14-10-24)21(28)27-15-11-25(12-16-27)20-7-3-18(23)4-8-20/h1-8H,9-16H2. The Kier molecular flexibility index (Phi) is 5.32. The molecular formula is C21H24F2N4O. The average molecular weight is 386 g/mol. The molecule has 0 N–H and O–H groups in total. The molecule has 0 atom stereocenters. The highest BCUT2D eigenvalue weighted by Crippen LogP contribution is 2.20. The molecule has 2 aliphatic heterocycles. The molecule has 148 valence electrons. The van der Waals surface area contributed by atoms with E-state index in [-0.39, 0.29) is 17.7 Å². The zero-order chi connectivity index (χ0) is 19.5. The van der Waals surface area contributed by atoms with E-state index < -0.39 is 0 Å². The van der Waals surface area contributed by atoms with Crippen molar-refractivity contribution >= 4 is 17.4 Å². The number of hydrogen-bond donors (Lipinski definition) is 0. The Morgan fingerprint density at radius 1 is 0.571 bits per heavy atom. The molecule has 0 unspecified atom stereocenters. The van der Waals surface area contributed by atoms with Crippen LogP contribution in [0.3, 0.4) is 0 Å². The maximum atomic E-state index is 13.1. The Bertz CT molecular complexity index is 729. The van der Waals surface area contributed by atoms with Gasteiger partial charge >= 0.3 is 6.03 Å². The summed E-state index contributed by atoms with van der Waals surface area (Å²) in [6, 6.07) is 13.1. The lowest BCUT2D eigenvalue weighted by molar-refractivity contribution is 0.147. The number of nitrogens with zero attached hydrogens (tertiary/aromatic N) is 4. The van der Waals surface area contributed by atoms with Gasteiger partial charge in [-0.2, -0.15) is 0 Å². The smallest absolute Gasteiger partial charge is 0.320 e. The van der Waals surface area contributed by atoms with Gasteiger partial charge in [-0.25, -0.2) is 13.6 Å². The second-order valence-electron chi connectivity index (χ2n) is 7.18. The summed E-state index contributed by atoms with van der Waals surface area (Å²) in [6.07, 6.45) is 0. The predicted molar refractivity (Wildman–Crippen MR) is 106 cm³/mol. The number of benzene rings is 2. The van der Waals surface area contributed by atoms with Crippen LogP contribution in [0.15, 0.2) is 48.5 Å². The van der Waals surface area contributed by atoms with Gasteiger partial charge in [-0.05, 0) is 48.5 Å². The Labute approximate surface area is 163 Å². The van der Waals surface area contributed by atoms with Gasteiger partial charge in [0.05, 0.1) is 0 Å². The highest BCUT2D eigenvalue weighted by Gasteiger charge is 2.28. The van der Waals surface area contributed by atoms with E-state index in [2.05, 4.69) is 9.80 Å². The van der Waals surface area contributed by atoms with Crippen LogP contribution >= 0.6 is 0 Å². The summed E-state index contributed by atoms with van der Waals surface area (Å²) < 4.78 is 26.2. The lowest BCUT2D eigenvalue weighted by Crippen LogP contribution is -2.57. The summed E-state index contributed by atoms with van der Waals surface area (Å²) in [6.45, 7) is 5.62. The number of piperazine rings is 2. The molecule has 2 aromatic rings. The lowest BCUT2D eigenvalue weighted by atomic mass is 10.2. The van der Waals surface area contributed by atoms with Crippen molar-refractivity contribution in [3.8, 4) is 0 Å². The van der Waals surface area contributed by atoms with Crippen molar-refractivity contribution in [1.29, 1.82) is 0 Å². The number of amides is 2. The third-order valence-corrected chi connectivity index (χ3v) is 5.48. The number of halogens is 2. The zero-order valence-corrected chi connectivity index (χ0v) is 15.7. The molecule has 0 aromatic heterocycles. The van der Waals surface area contributed by atoms with Crippen LogP contribution in [0.1, 0.15) is 0 Å². The predicted octanol–water partition coefficient (Wildman–Crippen LogP) is 3.03. The van der Waals surface area contributed by atoms with E-state index in [9.17, 15) is 13.6 Å². The van der Waals surface area contributed by atoms with E-state index in [1.807, 2.05) is 9.80 Å². The fraction of sp³-hybridized carbons (Fsp3) is 0.381. The summed E-state index contributed by atoms with van der Waals surface area (Å²) in [5, 5.41) is 0. The van der Waals surface area contributed by atoms with Crippen LogP contribution in [-0.2, 0) is 0 Å². The lowest BCUT2D eigenvalue weighted by Gasteiger charge is -2.41. The fourth-order valence-electron chi connectivity index (χ4n) is 3.82. The molecule has 2 fully saturated rings. The Balaban J connectivity index is 1.28. The van der Waals surface area contributed by atoms with Crippen LogP contribution < -0.4 is 9.80 Å². The van der Waals surface area contributed by atoms with Crippen LogP contribution in [0.2, 0.25) is 0 Å². The molecule has 0 spiro atoms. The van der Waals surface area contributed by atoms with E-state index >= 15 is 0 Å². The molecule has 0 aliphatic carbocycles. The number of carbonyl (C=O) groups is 1. The van der Waals surface area contributed by atoms with Crippen molar-refractivity contribution in [1.82, 2.24) is 9.80 Å². The van der Waals surface area contributed by atoms with Gasteiger partial charge in [0.1, 0.15) is 11.6 Å². The normalized spacial score (nSPS) is 17.8. The van der Waals surface area contributed by atoms with Crippen molar-refractivity contribution in [3.05, 3.63) is 60.2 Å². The molecule has 2 aliphatic rings. The van der Waals surface area contributed by atoms with Crippen molar-refractivity contribution in [2.75, 3.05) is 62.2 Å².